The molecule has 0 atom stereocenters. The molecule has 0 saturated carbocycles. The van der Waals surface area contributed by atoms with Crippen molar-refractivity contribution in [1.29, 1.82) is 0 Å². The van der Waals surface area contributed by atoms with Crippen LogP contribution in [0.2, 0.25) is 0 Å². The third-order valence-electron chi connectivity index (χ3n) is 2.76. The van der Waals surface area contributed by atoms with Gasteiger partial charge in [0.1, 0.15) is 5.52 Å². The number of nitrogens with one attached hydrogen (secondary N) is 2. The highest BCUT2D eigenvalue weighted by Crippen LogP contribution is 2.23. The molecular formula is C12H10N4O2S. The second kappa shape index (κ2) is 4.69. The molecule has 1 aromatic heterocycles. The van der Waals surface area contributed by atoms with Gasteiger partial charge in [0.2, 0.25) is 10.9 Å². The van der Waals surface area contributed by atoms with Gasteiger partial charge in [-0.25, -0.2) is 8.42 Å². The molecule has 1 heterocycles. The molecule has 2 N–H and O–H groups in total. The van der Waals surface area contributed by atoms with Crippen LogP contribution in [-0.2, 0) is 10.9 Å². The van der Waals surface area contributed by atoms with E-state index >= 15 is 0 Å². The van der Waals surface area contributed by atoms with Crippen LogP contribution in [-0.4, -0.2) is 23.8 Å². The Morgan fingerprint density at radius 1 is 1.00 bits per heavy atom. The van der Waals surface area contributed by atoms with Crippen molar-refractivity contribution in [2.45, 2.75) is 0 Å². The van der Waals surface area contributed by atoms with Gasteiger partial charge in [-0.3, -0.25) is 9.82 Å². The number of H-pyrrole nitrogens is 1. The quantitative estimate of drug-likeness (QED) is 0.632. The summed E-state index contributed by atoms with van der Waals surface area (Å²) in [6, 6.07) is 12.9. The minimum Gasteiger partial charge on any atom is -0.286 e. The molecule has 3 rings (SSSR count). The first-order valence-corrected chi connectivity index (χ1v) is 6.72. The first kappa shape index (κ1) is 11.7. The zero-order chi connectivity index (χ0) is 13.2. The summed E-state index contributed by atoms with van der Waals surface area (Å²) in [6.07, 6.45) is 0. The lowest BCUT2D eigenvalue weighted by molar-refractivity contribution is 0.619. The van der Waals surface area contributed by atoms with Crippen molar-refractivity contribution in [3.05, 3.63) is 42.5 Å². The Morgan fingerprint density at radius 3 is 2.47 bits per heavy atom. The largest absolute Gasteiger partial charge is 0.286 e. The minimum absolute atomic E-state index is 0.546. The van der Waals surface area contributed by atoms with Crippen LogP contribution in [0, 0.1) is 0 Å². The predicted molar refractivity (Wildman–Crippen MR) is 73.3 cm³/mol. The van der Waals surface area contributed by atoms with Crippen molar-refractivity contribution in [3.63, 3.8) is 0 Å². The summed E-state index contributed by atoms with van der Waals surface area (Å²) in [5.41, 5.74) is 4.22. The fourth-order valence-electron chi connectivity index (χ4n) is 1.87. The van der Waals surface area contributed by atoms with Gasteiger partial charge in [0.25, 0.3) is 0 Å². The summed E-state index contributed by atoms with van der Waals surface area (Å²) in [5.74, 6) is 0. The zero-order valence-electron chi connectivity index (χ0n) is 9.70. The molecule has 0 unspecified atom stereocenters. The molecule has 96 valence electrons. The van der Waals surface area contributed by atoms with E-state index in [2.05, 4.69) is 20.1 Å². The van der Waals surface area contributed by atoms with Crippen LogP contribution in [0.25, 0.3) is 22.2 Å². The Hall–Kier alpha value is -2.41. The average Bonchev–Trinajstić information content (AvgIpc) is 2.86. The Balaban J connectivity index is 1.96. The van der Waals surface area contributed by atoms with Gasteiger partial charge in [-0.1, -0.05) is 23.4 Å². The number of hydrogen-bond donors (Lipinski definition) is 3. The first-order chi connectivity index (χ1) is 9.22. The molecule has 0 amide bonds. The highest BCUT2D eigenvalue weighted by atomic mass is 32.2. The number of aromatic nitrogens is 3. The van der Waals surface area contributed by atoms with Gasteiger partial charge in [0.15, 0.2) is 0 Å². The molecule has 0 fully saturated rings. The van der Waals surface area contributed by atoms with Crippen molar-refractivity contribution >= 4 is 27.6 Å². The summed E-state index contributed by atoms with van der Waals surface area (Å²) in [5, 5.41) is 10.5. The Bertz CT molecular complexity index is 785. The van der Waals surface area contributed by atoms with Crippen LogP contribution in [0.3, 0.4) is 0 Å². The molecule has 0 aliphatic heterocycles. The molecule has 0 aliphatic rings. The van der Waals surface area contributed by atoms with Crippen LogP contribution in [0.15, 0.2) is 42.5 Å². The van der Waals surface area contributed by atoms with Gasteiger partial charge in [-0.2, -0.15) is 0 Å². The van der Waals surface area contributed by atoms with E-state index in [0.717, 1.165) is 22.2 Å². The first-order valence-electron chi connectivity index (χ1n) is 5.55. The third-order valence-corrected chi connectivity index (χ3v) is 3.20. The minimum atomic E-state index is -2.63. The highest BCUT2D eigenvalue weighted by Gasteiger charge is 2.02. The van der Waals surface area contributed by atoms with Crippen LogP contribution in [0.4, 0.5) is 5.69 Å². The summed E-state index contributed by atoms with van der Waals surface area (Å²) in [6.45, 7) is 0. The molecule has 0 bridgehead atoms. The van der Waals surface area contributed by atoms with Crippen molar-refractivity contribution in [1.82, 2.24) is 15.4 Å². The predicted octanol–water partition coefficient (Wildman–Crippen LogP) is 1.56. The van der Waals surface area contributed by atoms with Gasteiger partial charge in [0.05, 0.1) is 5.52 Å². The van der Waals surface area contributed by atoms with Crippen LogP contribution < -0.4 is 4.72 Å². The fraction of sp³-hybridized carbons (Fsp3) is 0. The average molecular weight is 274 g/mol. The van der Waals surface area contributed by atoms with Crippen LogP contribution in [0.1, 0.15) is 0 Å². The zero-order valence-corrected chi connectivity index (χ0v) is 10.6. The lowest BCUT2D eigenvalue weighted by Crippen LogP contribution is -1.94. The van der Waals surface area contributed by atoms with Gasteiger partial charge in [-0.05, 0) is 35.4 Å². The third kappa shape index (κ3) is 2.41. The lowest BCUT2D eigenvalue weighted by atomic mass is 10.0. The van der Waals surface area contributed by atoms with E-state index in [4.69, 9.17) is 0 Å². The van der Waals surface area contributed by atoms with E-state index in [1.165, 1.54) is 0 Å². The molecule has 0 saturated heterocycles. The topological polar surface area (TPSA) is 87.7 Å². The number of nitrogens with zero attached hydrogens (tertiary/aromatic N) is 2. The van der Waals surface area contributed by atoms with Crippen molar-refractivity contribution in [2.75, 3.05) is 4.72 Å². The van der Waals surface area contributed by atoms with Crippen molar-refractivity contribution in [3.8, 4) is 11.1 Å². The van der Waals surface area contributed by atoms with E-state index < -0.39 is 10.9 Å². The Kier molecular flexibility index (Phi) is 2.88. The SMILES string of the molecule is O=[SH](=O)Nc1ccc(-c2ccc3nn[nH]c3c2)cc1. The molecule has 3 aromatic rings. The maximum Gasteiger partial charge on any atom is 0.222 e. The molecule has 2 aromatic carbocycles. The molecule has 7 heteroatoms. The number of benzene rings is 2. The van der Waals surface area contributed by atoms with Gasteiger partial charge >= 0.3 is 0 Å². The maximum absolute atomic E-state index is 10.5. The number of anilines is 1. The molecule has 6 nitrogen and oxygen atoms in total. The summed E-state index contributed by atoms with van der Waals surface area (Å²) in [4.78, 5) is 0. The second-order valence-corrected chi connectivity index (χ2v) is 4.73. The van der Waals surface area contributed by atoms with Gasteiger partial charge < -0.3 is 0 Å². The number of thiol groups is 1. The fourth-order valence-corrected chi connectivity index (χ4v) is 2.23. The number of aromatic amines is 1. The normalized spacial score (nSPS) is 11.0. The van der Waals surface area contributed by atoms with Crippen LogP contribution >= 0.6 is 0 Å². The van der Waals surface area contributed by atoms with E-state index in [-0.39, 0.29) is 0 Å². The van der Waals surface area contributed by atoms with Gasteiger partial charge in [-0.15, -0.1) is 5.10 Å². The monoisotopic (exact) mass is 274 g/mol. The van der Waals surface area contributed by atoms with E-state index in [1.807, 2.05) is 30.3 Å². The summed E-state index contributed by atoms with van der Waals surface area (Å²) in [7, 11) is -2.63. The molecule has 0 aliphatic carbocycles. The Labute approximate surface area is 110 Å². The van der Waals surface area contributed by atoms with E-state index in [1.54, 1.807) is 12.1 Å². The van der Waals surface area contributed by atoms with Crippen molar-refractivity contribution < 1.29 is 8.42 Å². The van der Waals surface area contributed by atoms with Crippen LogP contribution in [0.5, 0.6) is 0 Å². The number of hydrogen-bond acceptors (Lipinski definition) is 4. The lowest BCUT2D eigenvalue weighted by Gasteiger charge is -2.03. The standard InChI is InChI=1S/C12H10N4O2S/c17-19(18)15-10-4-1-8(2-5-10)9-3-6-11-12(7-9)14-16-13-11/h1-7,19H,(H,13,14,16)(H,15,17,18). The highest BCUT2D eigenvalue weighted by molar-refractivity contribution is 7.73. The molecule has 0 spiro atoms. The molecular weight excluding hydrogens is 264 g/mol. The summed E-state index contributed by atoms with van der Waals surface area (Å²) < 4.78 is 23.4. The number of rotatable bonds is 3. The summed E-state index contributed by atoms with van der Waals surface area (Å²) >= 11 is 0. The Morgan fingerprint density at radius 2 is 1.74 bits per heavy atom. The van der Waals surface area contributed by atoms with E-state index in [0.29, 0.717) is 5.69 Å². The molecule has 0 radical (unpaired) electrons. The van der Waals surface area contributed by atoms with Crippen molar-refractivity contribution in [2.24, 2.45) is 0 Å². The number of fused-ring (bicyclic) bond motifs is 1. The van der Waals surface area contributed by atoms with Gasteiger partial charge in [0, 0.05) is 5.69 Å². The molecule has 19 heavy (non-hydrogen) atoms. The smallest absolute Gasteiger partial charge is 0.222 e. The second-order valence-electron chi connectivity index (χ2n) is 3.99. The maximum atomic E-state index is 10.5. The van der Waals surface area contributed by atoms with E-state index in [9.17, 15) is 8.42 Å².